The highest BCUT2D eigenvalue weighted by Crippen LogP contribution is 2.33. The van der Waals surface area contributed by atoms with Gasteiger partial charge in [-0.05, 0) is 54.1 Å². The van der Waals surface area contributed by atoms with Gasteiger partial charge in [0, 0.05) is 28.2 Å². The van der Waals surface area contributed by atoms with Gasteiger partial charge in [-0.2, -0.15) is 0 Å². The molecule has 34 heavy (non-hydrogen) atoms. The van der Waals surface area contributed by atoms with Crippen molar-refractivity contribution in [3.63, 3.8) is 0 Å². The van der Waals surface area contributed by atoms with Crippen LogP contribution in [0.4, 0.5) is 5.69 Å². The van der Waals surface area contributed by atoms with E-state index in [9.17, 15) is 14.4 Å². The molecule has 4 rings (SSSR count). The van der Waals surface area contributed by atoms with E-state index < -0.39 is 17.9 Å². The number of rotatable bonds is 5. The lowest BCUT2D eigenvalue weighted by molar-refractivity contribution is -0.129. The van der Waals surface area contributed by atoms with Crippen LogP contribution in [0.3, 0.4) is 0 Å². The molecule has 1 atom stereocenters. The van der Waals surface area contributed by atoms with E-state index in [2.05, 4.69) is 10.9 Å². The zero-order valence-corrected chi connectivity index (χ0v) is 19.9. The largest absolute Gasteiger partial charge is 0.476 e. The average Bonchev–Trinajstić information content (AvgIpc) is 2.86. The Morgan fingerprint density at radius 3 is 2.41 bits per heavy atom. The number of ether oxygens (including phenoxy) is 1. The third-order valence-corrected chi connectivity index (χ3v) is 6.52. The molecule has 174 valence electrons. The molecular weight excluding hydrogens is 474 g/mol. The van der Waals surface area contributed by atoms with Gasteiger partial charge >= 0.3 is 0 Å². The molecule has 3 aromatic carbocycles. The molecule has 3 amide bonds. The molecule has 9 heteroatoms. The van der Waals surface area contributed by atoms with Gasteiger partial charge in [0.2, 0.25) is 5.91 Å². The number of hydrogen-bond donors (Lipinski definition) is 2. The Labute approximate surface area is 206 Å². The van der Waals surface area contributed by atoms with Crippen LogP contribution in [0, 0.1) is 0 Å². The summed E-state index contributed by atoms with van der Waals surface area (Å²) < 4.78 is 5.73. The first-order valence-corrected chi connectivity index (χ1v) is 11.9. The highest BCUT2D eigenvalue weighted by molar-refractivity contribution is 7.98. The minimum Gasteiger partial charge on any atom is -0.476 e. The summed E-state index contributed by atoms with van der Waals surface area (Å²) in [6.45, 7) is 1.48. The smallest absolute Gasteiger partial charge is 0.281 e. The van der Waals surface area contributed by atoms with Crippen LogP contribution >= 0.6 is 23.4 Å². The lowest BCUT2D eigenvalue weighted by Gasteiger charge is -2.33. The van der Waals surface area contributed by atoms with Gasteiger partial charge in [0.15, 0.2) is 6.10 Å². The average molecular weight is 496 g/mol. The van der Waals surface area contributed by atoms with Crippen molar-refractivity contribution >= 4 is 46.8 Å². The van der Waals surface area contributed by atoms with Crippen molar-refractivity contribution in [2.24, 2.45) is 0 Å². The number of amides is 3. The number of para-hydroxylation sites is 2. The molecule has 0 bridgehead atoms. The second kappa shape index (κ2) is 10.6. The molecule has 0 saturated heterocycles. The highest BCUT2D eigenvalue weighted by atomic mass is 35.5. The number of hydrogen-bond acceptors (Lipinski definition) is 5. The van der Waals surface area contributed by atoms with E-state index in [4.69, 9.17) is 16.3 Å². The fourth-order valence-corrected chi connectivity index (χ4v) is 4.37. The lowest BCUT2D eigenvalue weighted by atomic mass is 10.1. The zero-order valence-electron chi connectivity index (χ0n) is 18.3. The molecule has 0 aliphatic carbocycles. The van der Waals surface area contributed by atoms with Gasteiger partial charge in [0.1, 0.15) is 5.75 Å². The van der Waals surface area contributed by atoms with Crippen molar-refractivity contribution in [1.29, 1.82) is 0 Å². The summed E-state index contributed by atoms with van der Waals surface area (Å²) in [4.78, 5) is 39.7. The number of anilines is 1. The summed E-state index contributed by atoms with van der Waals surface area (Å²) in [5.41, 5.74) is 6.86. The van der Waals surface area contributed by atoms with Crippen molar-refractivity contribution in [1.82, 2.24) is 10.9 Å². The number of thioether (sulfide) groups is 1. The quantitative estimate of drug-likeness (QED) is 0.409. The van der Waals surface area contributed by atoms with Crippen LogP contribution in [0.15, 0.2) is 77.7 Å². The molecule has 3 aromatic rings. The van der Waals surface area contributed by atoms with Crippen LogP contribution in [0.2, 0.25) is 5.02 Å². The van der Waals surface area contributed by atoms with Crippen molar-refractivity contribution in [3.8, 4) is 5.75 Å². The van der Waals surface area contributed by atoms with Crippen molar-refractivity contribution in [2.75, 3.05) is 11.4 Å². The van der Waals surface area contributed by atoms with E-state index in [1.807, 2.05) is 36.4 Å². The molecule has 0 saturated carbocycles. The maximum atomic E-state index is 12.6. The summed E-state index contributed by atoms with van der Waals surface area (Å²) in [5, 5.41) is 0.697. The van der Waals surface area contributed by atoms with E-state index in [1.54, 1.807) is 48.2 Å². The predicted octanol–water partition coefficient (Wildman–Crippen LogP) is 4.21. The van der Waals surface area contributed by atoms with Gasteiger partial charge in [0.05, 0.1) is 12.2 Å². The van der Waals surface area contributed by atoms with Crippen molar-refractivity contribution < 1.29 is 19.1 Å². The van der Waals surface area contributed by atoms with E-state index in [1.165, 1.54) is 11.8 Å². The molecule has 0 spiro atoms. The van der Waals surface area contributed by atoms with Crippen LogP contribution in [-0.2, 0) is 15.3 Å². The Kier molecular flexibility index (Phi) is 7.40. The Hall–Kier alpha value is -3.49. The number of hydrazine groups is 1. The van der Waals surface area contributed by atoms with Gasteiger partial charge in [-0.15, -0.1) is 11.8 Å². The van der Waals surface area contributed by atoms with Gasteiger partial charge in [-0.25, -0.2) is 0 Å². The summed E-state index contributed by atoms with van der Waals surface area (Å²) in [7, 11) is 0. The molecule has 1 unspecified atom stereocenters. The standard InChI is InChI=1S/C25H22ClN3O4S/c1-16(30)29-14-23(33-22-5-3-2-4-21(22)29)25(32)28-27-24(31)18-8-6-17(7-9-18)15-34-20-12-10-19(26)11-13-20/h2-13,23H,14-15H2,1H3,(H,27,31)(H,28,32). The van der Waals surface area contributed by atoms with Gasteiger partial charge < -0.3 is 9.64 Å². The fraction of sp³-hybridized carbons (Fsp3) is 0.160. The van der Waals surface area contributed by atoms with Crippen molar-refractivity contribution in [3.05, 3.63) is 88.9 Å². The van der Waals surface area contributed by atoms with E-state index >= 15 is 0 Å². The molecule has 2 N–H and O–H groups in total. The molecule has 0 radical (unpaired) electrons. The summed E-state index contributed by atoms with van der Waals surface area (Å²) >= 11 is 7.57. The van der Waals surface area contributed by atoms with Gasteiger partial charge in [-0.3, -0.25) is 25.2 Å². The molecule has 1 aliphatic heterocycles. The maximum Gasteiger partial charge on any atom is 0.281 e. The second-order valence-corrected chi connectivity index (χ2v) is 9.07. The van der Waals surface area contributed by atoms with Crippen LogP contribution in [-0.4, -0.2) is 30.4 Å². The lowest BCUT2D eigenvalue weighted by Crippen LogP contribution is -2.54. The van der Waals surface area contributed by atoms with E-state index in [0.29, 0.717) is 22.0 Å². The first kappa shape index (κ1) is 23.7. The number of halogens is 1. The van der Waals surface area contributed by atoms with Crippen LogP contribution in [0.25, 0.3) is 0 Å². The number of nitrogens with one attached hydrogen (secondary N) is 2. The molecule has 7 nitrogen and oxygen atoms in total. The maximum absolute atomic E-state index is 12.6. The Bertz CT molecular complexity index is 1200. The number of carbonyl (C=O) groups excluding carboxylic acids is 3. The third-order valence-electron chi connectivity index (χ3n) is 5.18. The highest BCUT2D eigenvalue weighted by Gasteiger charge is 2.32. The monoisotopic (exact) mass is 495 g/mol. The number of benzene rings is 3. The Balaban J connectivity index is 1.30. The predicted molar refractivity (Wildman–Crippen MR) is 132 cm³/mol. The second-order valence-electron chi connectivity index (χ2n) is 7.59. The molecule has 1 aliphatic rings. The first-order valence-electron chi connectivity index (χ1n) is 10.5. The number of carbonyl (C=O) groups is 3. The summed E-state index contributed by atoms with van der Waals surface area (Å²) in [5.74, 6) is -0.0303. The molecule has 0 aromatic heterocycles. The third kappa shape index (κ3) is 5.70. The minimum absolute atomic E-state index is 0.0496. The van der Waals surface area contributed by atoms with E-state index in [0.717, 1.165) is 16.2 Å². The van der Waals surface area contributed by atoms with Crippen LogP contribution in [0.1, 0.15) is 22.8 Å². The van der Waals surface area contributed by atoms with E-state index in [-0.39, 0.29) is 12.5 Å². The van der Waals surface area contributed by atoms with Gasteiger partial charge in [-0.1, -0.05) is 35.9 Å². The fourth-order valence-electron chi connectivity index (χ4n) is 3.39. The molecule has 0 fully saturated rings. The first-order chi connectivity index (χ1) is 16.4. The SMILES string of the molecule is CC(=O)N1CC(C(=O)NNC(=O)c2ccc(CSc3ccc(Cl)cc3)cc2)Oc2ccccc21. The topological polar surface area (TPSA) is 87.7 Å². The Morgan fingerprint density at radius 1 is 1.00 bits per heavy atom. The number of nitrogens with zero attached hydrogens (tertiary/aromatic N) is 1. The minimum atomic E-state index is -0.952. The normalized spacial score (nSPS) is 14.5. The zero-order chi connectivity index (χ0) is 24.1. The van der Waals surface area contributed by atoms with Gasteiger partial charge in [0.25, 0.3) is 11.8 Å². The van der Waals surface area contributed by atoms with Crippen molar-refractivity contribution in [2.45, 2.75) is 23.7 Å². The van der Waals surface area contributed by atoms with Crippen LogP contribution < -0.4 is 20.5 Å². The number of fused-ring (bicyclic) bond motifs is 1. The molecule has 1 heterocycles. The Morgan fingerprint density at radius 2 is 1.71 bits per heavy atom. The van der Waals surface area contributed by atoms with Crippen LogP contribution in [0.5, 0.6) is 5.75 Å². The molecular formula is C25H22ClN3O4S. The summed E-state index contributed by atoms with van der Waals surface area (Å²) in [6.07, 6.45) is -0.952. The summed E-state index contributed by atoms with van der Waals surface area (Å²) in [6, 6.07) is 21.7.